The van der Waals surface area contributed by atoms with Crippen molar-refractivity contribution in [2.75, 3.05) is 4.90 Å². The number of benzene rings is 11. The van der Waals surface area contributed by atoms with Crippen LogP contribution in [0.2, 0.25) is 0 Å². The lowest BCUT2D eigenvalue weighted by atomic mass is 9.94. The Balaban J connectivity index is 0.968. The molecular formula is C60H39NO. The molecule has 12 rings (SSSR count). The Labute approximate surface area is 360 Å². The number of fused-ring (bicyclic) bond motifs is 7. The van der Waals surface area contributed by atoms with E-state index >= 15 is 0 Å². The third-order valence-electron chi connectivity index (χ3n) is 12.5. The van der Waals surface area contributed by atoms with Crippen molar-refractivity contribution in [1.29, 1.82) is 0 Å². The molecule has 1 aromatic heterocycles. The molecule has 0 aliphatic rings. The maximum Gasteiger partial charge on any atom is 0.143 e. The van der Waals surface area contributed by atoms with Crippen molar-refractivity contribution in [3.63, 3.8) is 0 Å². The first-order valence-electron chi connectivity index (χ1n) is 21.2. The van der Waals surface area contributed by atoms with E-state index in [0.29, 0.717) is 0 Å². The third kappa shape index (κ3) is 6.12. The lowest BCUT2D eigenvalue weighted by molar-refractivity contribution is 0.670. The fraction of sp³-hybridized carbons (Fsp3) is 0. The third-order valence-corrected chi connectivity index (χ3v) is 12.5. The van der Waals surface area contributed by atoms with E-state index in [4.69, 9.17) is 4.42 Å². The van der Waals surface area contributed by atoms with Gasteiger partial charge in [0.1, 0.15) is 11.2 Å². The van der Waals surface area contributed by atoms with Crippen LogP contribution in [0, 0.1) is 0 Å². The van der Waals surface area contributed by atoms with Crippen molar-refractivity contribution in [3.05, 3.63) is 237 Å². The summed E-state index contributed by atoms with van der Waals surface area (Å²) >= 11 is 0. The number of anilines is 3. The van der Waals surface area contributed by atoms with Crippen LogP contribution in [0.3, 0.4) is 0 Å². The van der Waals surface area contributed by atoms with Gasteiger partial charge in [-0.25, -0.2) is 0 Å². The van der Waals surface area contributed by atoms with E-state index in [9.17, 15) is 0 Å². The molecule has 290 valence electrons. The first kappa shape index (κ1) is 35.7. The minimum atomic E-state index is 0.890. The molecule has 0 radical (unpaired) electrons. The van der Waals surface area contributed by atoms with Crippen molar-refractivity contribution in [3.8, 4) is 44.5 Å². The van der Waals surface area contributed by atoms with E-state index in [0.717, 1.165) is 61.3 Å². The predicted molar refractivity (Wildman–Crippen MR) is 263 cm³/mol. The van der Waals surface area contributed by atoms with Crippen molar-refractivity contribution in [2.24, 2.45) is 0 Å². The van der Waals surface area contributed by atoms with Crippen LogP contribution < -0.4 is 4.90 Å². The van der Waals surface area contributed by atoms with Gasteiger partial charge in [-0.3, -0.25) is 0 Å². The first-order chi connectivity index (χ1) is 30.7. The molecule has 0 unspecified atom stereocenters. The number of furan rings is 1. The molecule has 2 heteroatoms. The van der Waals surface area contributed by atoms with Gasteiger partial charge in [-0.05, 0) is 114 Å². The molecule has 0 amide bonds. The van der Waals surface area contributed by atoms with Gasteiger partial charge in [-0.2, -0.15) is 0 Å². The second-order valence-electron chi connectivity index (χ2n) is 16.1. The minimum Gasteiger partial charge on any atom is -0.455 e. The summed E-state index contributed by atoms with van der Waals surface area (Å²) in [6.45, 7) is 0. The normalized spacial score (nSPS) is 11.5. The summed E-state index contributed by atoms with van der Waals surface area (Å²) in [6.07, 6.45) is 0. The smallest absolute Gasteiger partial charge is 0.143 e. The number of rotatable bonds is 7. The summed E-state index contributed by atoms with van der Waals surface area (Å²) in [5, 5.41) is 9.61. The summed E-state index contributed by atoms with van der Waals surface area (Å²) in [5.41, 5.74) is 14.5. The quantitative estimate of drug-likeness (QED) is 0.150. The van der Waals surface area contributed by atoms with Gasteiger partial charge >= 0.3 is 0 Å². The standard InChI is InChI=1S/C60H39NO/c1-3-13-40(14-4-1)45-26-25-43-18-11-22-50(56(43)37-45)44-29-34-49(35-30-44)61(58-39-47-17-7-8-19-51(47)53-20-9-10-21-54(53)58)48-32-27-41(28-33-48)46-31-36-59-57(38-46)55-24-12-23-52(60(55)62-59)42-15-5-2-6-16-42/h1-39H. The SMILES string of the molecule is c1ccc(-c2ccc3cccc(-c4ccc(N(c5ccc(-c6ccc7oc8c(-c9ccccc9)cccc8c7c6)cc5)c5cc6ccccc6c6ccccc56)cc4)c3c2)cc1. The van der Waals surface area contributed by atoms with Gasteiger partial charge < -0.3 is 9.32 Å². The molecule has 12 aromatic rings. The van der Waals surface area contributed by atoms with E-state index in [-0.39, 0.29) is 0 Å². The van der Waals surface area contributed by atoms with Gasteiger partial charge in [0.2, 0.25) is 0 Å². The maximum atomic E-state index is 6.52. The number of hydrogen-bond donors (Lipinski definition) is 0. The maximum absolute atomic E-state index is 6.52. The average molecular weight is 790 g/mol. The van der Waals surface area contributed by atoms with Crippen molar-refractivity contribution in [1.82, 2.24) is 0 Å². The van der Waals surface area contributed by atoms with E-state index in [1.165, 1.54) is 54.6 Å². The number of hydrogen-bond acceptors (Lipinski definition) is 2. The molecule has 0 aliphatic carbocycles. The first-order valence-corrected chi connectivity index (χ1v) is 21.2. The van der Waals surface area contributed by atoms with E-state index in [2.05, 4.69) is 235 Å². The fourth-order valence-electron chi connectivity index (χ4n) is 9.40. The zero-order valence-corrected chi connectivity index (χ0v) is 33.9. The molecule has 0 fully saturated rings. The molecule has 0 saturated carbocycles. The van der Waals surface area contributed by atoms with Gasteiger partial charge in [-0.15, -0.1) is 0 Å². The van der Waals surface area contributed by atoms with Crippen LogP contribution >= 0.6 is 0 Å². The lowest BCUT2D eigenvalue weighted by Gasteiger charge is -2.28. The second-order valence-corrected chi connectivity index (χ2v) is 16.1. The molecule has 62 heavy (non-hydrogen) atoms. The van der Waals surface area contributed by atoms with Gasteiger partial charge in [0.05, 0.1) is 5.69 Å². The lowest BCUT2D eigenvalue weighted by Crippen LogP contribution is -2.10. The molecule has 2 nitrogen and oxygen atoms in total. The number of nitrogens with zero attached hydrogens (tertiary/aromatic N) is 1. The van der Waals surface area contributed by atoms with Crippen LogP contribution in [0.25, 0.3) is 98.8 Å². The highest BCUT2D eigenvalue weighted by molar-refractivity contribution is 6.15. The zero-order chi connectivity index (χ0) is 41.0. The highest BCUT2D eigenvalue weighted by Gasteiger charge is 2.19. The Kier molecular flexibility index (Phi) is 8.53. The van der Waals surface area contributed by atoms with Gasteiger partial charge in [0, 0.05) is 33.1 Å². The van der Waals surface area contributed by atoms with Crippen LogP contribution in [-0.2, 0) is 0 Å². The Morgan fingerprint density at radius 1 is 0.274 bits per heavy atom. The Hall–Kier alpha value is -8.20. The summed E-state index contributed by atoms with van der Waals surface area (Å²) in [6, 6.07) is 85.4. The van der Waals surface area contributed by atoms with E-state index < -0.39 is 0 Å². The molecule has 11 aromatic carbocycles. The minimum absolute atomic E-state index is 0.890. The fourth-order valence-corrected chi connectivity index (χ4v) is 9.40. The zero-order valence-electron chi connectivity index (χ0n) is 33.9. The molecule has 0 aliphatic heterocycles. The van der Waals surface area contributed by atoms with Crippen molar-refractivity contribution in [2.45, 2.75) is 0 Å². The van der Waals surface area contributed by atoms with Crippen molar-refractivity contribution < 1.29 is 4.42 Å². The monoisotopic (exact) mass is 789 g/mol. The van der Waals surface area contributed by atoms with Gasteiger partial charge in [-0.1, -0.05) is 188 Å². The Morgan fingerprint density at radius 2 is 0.790 bits per heavy atom. The molecular weight excluding hydrogens is 751 g/mol. The van der Waals surface area contributed by atoms with Crippen LogP contribution in [0.4, 0.5) is 17.1 Å². The number of para-hydroxylation sites is 1. The average Bonchev–Trinajstić information content (AvgIpc) is 3.73. The molecule has 0 N–H and O–H groups in total. The molecule has 0 spiro atoms. The largest absolute Gasteiger partial charge is 0.455 e. The Bertz CT molecular complexity index is 3610. The molecule has 0 saturated heterocycles. The molecule has 1 heterocycles. The van der Waals surface area contributed by atoms with Crippen LogP contribution in [0.1, 0.15) is 0 Å². The van der Waals surface area contributed by atoms with Gasteiger partial charge in [0.25, 0.3) is 0 Å². The van der Waals surface area contributed by atoms with E-state index in [1.807, 2.05) is 6.07 Å². The summed E-state index contributed by atoms with van der Waals surface area (Å²) in [5.74, 6) is 0. The topological polar surface area (TPSA) is 16.4 Å². The summed E-state index contributed by atoms with van der Waals surface area (Å²) < 4.78 is 6.52. The van der Waals surface area contributed by atoms with Crippen molar-refractivity contribution >= 4 is 71.3 Å². The summed E-state index contributed by atoms with van der Waals surface area (Å²) in [4.78, 5) is 2.41. The molecule has 0 atom stereocenters. The van der Waals surface area contributed by atoms with E-state index in [1.54, 1.807) is 0 Å². The second kappa shape index (κ2) is 14.8. The highest BCUT2D eigenvalue weighted by Crippen LogP contribution is 2.44. The summed E-state index contributed by atoms with van der Waals surface area (Å²) in [7, 11) is 0. The molecule has 0 bridgehead atoms. The van der Waals surface area contributed by atoms with Crippen LogP contribution in [0.15, 0.2) is 241 Å². The highest BCUT2D eigenvalue weighted by atomic mass is 16.3. The van der Waals surface area contributed by atoms with Crippen LogP contribution in [0.5, 0.6) is 0 Å². The Morgan fingerprint density at radius 3 is 1.55 bits per heavy atom. The van der Waals surface area contributed by atoms with Gasteiger partial charge in [0.15, 0.2) is 0 Å². The predicted octanol–water partition coefficient (Wildman–Crippen LogP) is 17.2. The van der Waals surface area contributed by atoms with Crippen LogP contribution in [-0.4, -0.2) is 0 Å².